The second-order valence-corrected chi connectivity index (χ2v) is 5.55. The summed E-state index contributed by atoms with van der Waals surface area (Å²) in [5, 5.41) is 15.7. The smallest absolute Gasteiger partial charge is 0.108 e. The molecule has 0 aromatic carbocycles. The molecule has 3 nitrogen and oxygen atoms in total. The van der Waals surface area contributed by atoms with Crippen LogP contribution in [0.5, 0.6) is 0 Å². The van der Waals surface area contributed by atoms with Crippen LogP contribution in [0.15, 0.2) is 6.20 Å². The van der Waals surface area contributed by atoms with Crippen LogP contribution in [-0.4, -0.2) is 14.9 Å². The number of halogens is 1. The Balaban J connectivity index is 2.31. The van der Waals surface area contributed by atoms with Crippen LogP contribution in [0.25, 0.3) is 0 Å². The van der Waals surface area contributed by atoms with E-state index >= 15 is 0 Å². The van der Waals surface area contributed by atoms with Gasteiger partial charge in [0.2, 0.25) is 0 Å². The minimum Gasteiger partial charge on any atom is -0.384 e. The van der Waals surface area contributed by atoms with E-state index in [2.05, 4.69) is 5.10 Å². The summed E-state index contributed by atoms with van der Waals surface area (Å²) < 4.78 is 1.82. The fourth-order valence-electron chi connectivity index (χ4n) is 2.96. The van der Waals surface area contributed by atoms with Crippen molar-refractivity contribution in [2.75, 3.05) is 0 Å². The first-order valence-corrected chi connectivity index (χ1v) is 6.89. The zero-order chi connectivity index (χ0) is 12.5. The minimum atomic E-state index is -0.857. The molecular formula is C13H21ClN2O. The fraction of sp³-hybridized carbons (Fsp3) is 0.769. The largest absolute Gasteiger partial charge is 0.384 e. The Morgan fingerprint density at radius 3 is 2.71 bits per heavy atom. The van der Waals surface area contributed by atoms with Crippen LogP contribution in [0.4, 0.5) is 0 Å². The van der Waals surface area contributed by atoms with Gasteiger partial charge in [-0.05, 0) is 32.6 Å². The van der Waals surface area contributed by atoms with Crippen molar-refractivity contribution in [2.24, 2.45) is 5.92 Å². The molecule has 0 saturated heterocycles. The van der Waals surface area contributed by atoms with Gasteiger partial charge in [0.25, 0.3) is 0 Å². The van der Waals surface area contributed by atoms with Crippen molar-refractivity contribution in [3.63, 3.8) is 0 Å². The maximum absolute atomic E-state index is 10.8. The summed E-state index contributed by atoms with van der Waals surface area (Å²) >= 11 is 6.18. The van der Waals surface area contributed by atoms with Crippen molar-refractivity contribution >= 4 is 11.6 Å². The van der Waals surface area contributed by atoms with Gasteiger partial charge in [-0.2, -0.15) is 5.10 Å². The number of rotatable bonds is 3. The fourth-order valence-corrected chi connectivity index (χ4v) is 3.30. The summed E-state index contributed by atoms with van der Waals surface area (Å²) in [6.07, 6.45) is 7.50. The van der Waals surface area contributed by atoms with Gasteiger partial charge < -0.3 is 5.11 Å². The van der Waals surface area contributed by atoms with Crippen molar-refractivity contribution in [2.45, 2.75) is 58.1 Å². The number of aryl methyl sites for hydroxylation is 1. The molecule has 96 valence electrons. The topological polar surface area (TPSA) is 38.0 Å². The molecule has 1 aromatic heterocycles. The van der Waals surface area contributed by atoms with Crippen LogP contribution in [0, 0.1) is 5.92 Å². The molecule has 0 bridgehead atoms. The van der Waals surface area contributed by atoms with Crippen LogP contribution in [0.2, 0.25) is 5.02 Å². The first-order chi connectivity index (χ1) is 8.07. The van der Waals surface area contributed by atoms with Gasteiger partial charge in [0.15, 0.2) is 0 Å². The molecule has 1 atom stereocenters. The van der Waals surface area contributed by atoms with E-state index in [1.54, 1.807) is 6.20 Å². The van der Waals surface area contributed by atoms with Crippen molar-refractivity contribution in [3.05, 3.63) is 16.9 Å². The Kier molecular flexibility index (Phi) is 3.79. The number of aromatic nitrogens is 2. The Bertz CT molecular complexity index is 381. The Hall–Kier alpha value is -0.540. The molecule has 1 fully saturated rings. The lowest BCUT2D eigenvalue weighted by molar-refractivity contribution is -0.0287. The van der Waals surface area contributed by atoms with Gasteiger partial charge in [-0.15, -0.1) is 0 Å². The third kappa shape index (κ3) is 2.36. The first kappa shape index (κ1) is 12.9. The van der Waals surface area contributed by atoms with E-state index in [1.165, 1.54) is 19.3 Å². The lowest BCUT2D eigenvalue weighted by Gasteiger charge is -2.36. The summed E-state index contributed by atoms with van der Waals surface area (Å²) in [6, 6.07) is 0. The number of nitrogens with zero attached hydrogens (tertiary/aromatic N) is 2. The SMILES string of the molecule is CCn1ncc(Cl)c1C(C)(O)C1CCCCC1. The number of hydrogen-bond donors (Lipinski definition) is 1. The zero-order valence-corrected chi connectivity index (χ0v) is 11.4. The average Bonchev–Trinajstić information content (AvgIpc) is 2.72. The Morgan fingerprint density at radius 1 is 1.47 bits per heavy atom. The van der Waals surface area contributed by atoms with E-state index in [0.29, 0.717) is 10.9 Å². The van der Waals surface area contributed by atoms with Gasteiger partial charge in [-0.1, -0.05) is 30.9 Å². The van der Waals surface area contributed by atoms with Crippen molar-refractivity contribution in [1.82, 2.24) is 9.78 Å². The second kappa shape index (κ2) is 4.99. The molecule has 1 saturated carbocycles. The van der Waals surface area contributed by atoms with Gasteiger partial charge in [0, 0.05) is 6.54 Å². The summed E-state index contributed by atoms with van der Waals surface area (Å²) in [6.45, 7) is 4.65. The second-order valence-electron chi connectivity index (χ2n) is 5.14. The molecule has 0 aliphatic heterocycles. The van der Waals surface area contributed by atoms with Crippen molar-refractivity contribution in [1.29, 1.82) is 0 Å². The molecule has 0 spiro atoms. The van der Waals surface area contributed by atoms with E-state index < -0.39 is 5.60 Å². The highest BCUT2D eigenvalue weighted by Gasteiger charge is 2.38. The molecule has 0 radical (unpaired) electrons. The maximum Gasteiger partial charge on any atom is 0.108 e. The number of hydrogen-bond acceptors (Lipinski definition) is 2. The standard InChI is InChI=1S/C13H21ClN2O/c1-3-16-12(11(14)9-15-16)13(2,17)10-7-5-4-6-8-10/h9-10,17H,3-8H2,1-2H3. The van der Waals surface area contributed by atoms with Gasteiger partial charge in [-0.25, -0.2) is 0 Å². The molecule has 1 aliphatic carbocycles. The average molecular weight is 257 g/mol. The summed E-state index contributed by atoms with van der Waals surface area (Å²) in [7, 11) is 0. The predicted octanol–water partition coefficient (Wildman–Crippen LogP) is 3.34. The summed E-state index contributed by atoms with van der Waals surface area (Å²) in [4.78, 5) is 0. The minimum absolute atomic E-state index is 0.302. The quantitative estimate of drug-likeness (QED) is 0.901. The Morgan fingerprint density at radius 2 is 2.12 bits per heavy atom. The van der Waals surface area contributed by atoms with Gasteiger partial charge >= 0.3 is 0 Å². The van der Waals surface area contributed by atoms with Crippen LogP contribution in [0.3, 0.4) is 0 Å². The first-order valence-electron chi connectivity index (χ1n) is 6.51. The van der Waals surface area contributed by atoms with E-state index in [9.17, 15) is 5.11 Å². The highest BCUT2D eigenvalue weighted by atomic mass is 35.5. The lowest BCUT2D eigenvalue weighted by atomic mass is 9.76. The third-order valence-corrected chi connectivity index (χ3v) is 4.25. The molecule has 1 unspecified atom stereocenters. The van der Waals surface area contributed by atoms with E-state index in [1.807, 2.05) is 18.5 Å². The van der Waals surface area contributed by atoms with Crippen molar-refractivity contribution < 1.29 is 5.11 Å². The monoisotopic (exact) mass is 256 g/mol. The third-order valence-electron chi connectivity index (χ3n) is 3.97. The molecule has 1 N–H and O–H groups in total. The predicted molar refractivity (Wildman–Crippen MR) is 69.1 cm³/mol. The van der Waals surface area contributed by atoms with Gasteiger partial charge in [0.05, 0.1) is 16.9 Å². The number of aliphatic hydroxyl groups is 1. The molecule has 1 aromatic rings. The summed E-state index contributed by atoms with van der Waals surface area (Å²) in [5.41, 5.74) is -0.0714. The lowest BCUT2D eigenvalue weighted by Crippen LogP contribution is -2.35. The van der Waals surface area contributed by atoms with Crippen LogP contribution >= 0.6 is 11.6 Å². The molecule has 17 heavy (non-hydrogen) atoms. The van der Waals surface area contributed by atoms with Crippen molar-refractivity contribution in [3.8, 4) is 0 Å². The molecular weight excluding hydrogens is 236 g/mol. The maximum atomic E-state index is 10.8. The van der Waals surface area contributed by atoms with E-state index in [4.69, 9.17) is 11.6 Å². The summed E-state index contributed by atoms with van der Waals surface area (Å²) in [5.74, 6) is 0.302. The van der Waals surface area contributed by atoms with E-state index in [-0.39, 0.29) is 0 Å². The highest BCUT2D eigenvalue weighted by molar-refractivity contribution is 6.31. The normalized spacial score (nSPS) is 21.4. The molecule has 1 aliphatic rings. The van der Waals surface area contributed by atoms with Crippen LogP contribution in [-0.2, 0) is 12.1 Å². The molecule has 1 heterocycles. The molecule has 2 rings (SSSR count). The van der Waals surface area contributed by atoms with Crippen LogP contribution in [0.1, 0.15) is 51.6 Å². The zero-order valence-electron chi connectivity index (χ0n) is 10.6. The highest BCUT2D eigenvalue weighted by Crippen LogP contribution is 2.41. The van der Waals surface area contributed by atoms with E-state index in [0.717, 1.165) is 25.1 Å². The molecule has 0 amide bonds. The Labute approximate surface area is 108 Å². The molecule has 4 heteroatoms. The van der Waals surface area contributed by atoms with Crippen LogP contribution < -0.4 is 0 Å². The van der Waals surface area contributed by atoms with Gasteiger partial charge in [0.1, 0.15) is 5.60 Å². The van der Waals surface area contributed by atoms with Gasteiger partial charge in [-0.3, -0.25) is 4.68 Å².